The summed E-state index contributed by atoms with van der Waals surface area (Å²) < 4.78 is 6.13. The molecule has 2 fully saturated rings. The first kappa shape index (κ1) is 17.7. The van der Waals surface area contributed by atoms with Gasteiger partial charge in [0, 0.05) is 18.1 Å². The molecule has 0 aromatic carbocycles. The van der Waals surface area contributed by atoms with E-state index in [0.29, 0.717) is 29.8 Å². The molecular formula is C18H28O3S. The summed E-state index contributed by atoms with van der Waals surface area (Å²) in [5.74, 6) is 3.89. The molecule has 0 aromatic rings. The van der Waals surface area contributed by atoms with Crippen LogP contribution >= 0.6 is 11.8 Å². The number of ether oxygens (including phenoxy) is 1. The lowest BCUT2D eigenvalue weighted by molar-refractivity contribution is -0.137. The number of carbonyl (C=O) groups is 1. The lowest BCUT2D eigenvalue weighted by Gasteiger charge is -2.27. The van der Waals surface area contributed by atoms with Gasteiger partial charge in [0.15, 0.2) is 0 Å². The predicted molar refractivity (Wildman–Crippen MR) is 91.0 cm³/mol. The Hall–Kier alpha value is -0.660. The number of hydrogen-bond acceptors (Lipinski definition) is 3. The summed E-state index contributed by atoms with van der Waals surface area (Å²) in [5.41, 5.74) is 0. The molecule has 2 saturated heterocycles. The van der Waals surface area contributed by atoms with Crippen LogP contribution in [0.25, 0.3) is 0 Å². The minimum Gasteiger partial charge on any atom is -0.481 e. The molecular weight excluding hydrogens is 296 g/mol. The van der Waals surface area contributed by atoms with Crippen molar-refractivity contribution in [1.29, 1.82) is 0 Å². The second-order valence-corrected chi connectivity index (χ2v) is 7.73. The summed E-state index contributed by atoms with van der Waals surface area (Å²) in [7, 11) is 0. The van der Waals surface area contributed by atoms with Gasteiger partial charge in [0.25, 0.3) is 0 Å². The zero-order valence-corrected chi connectivity index (χ0v) is 14.2. The van der Waals surface area contributed by atoms with Crippen molar-refractivity contribution in [2.45, 2.75) is 81.7 Å². The Balaban J connectivity index is 1.64. The molecule has 0 saturated carbocycles. The Morgan fingerprint density at radius 2 is 1.95 bits per heavy atom. The third kappa shape index (κ3) is 5.21. The molecule has 0 aliphatic carbocycles. The van der Waals surface area contributed by atoms with Crippen molar-refractivity contribution in [2.24, 2.45) is 5.92 Å². The number of carboxylic acid groups (broad SMARTS) is 1. The van der Waals surface area contributed by atoms with E-state index in [4.69, 9.17) is 16.3 Å². The highest BCUT2D eigenvalue weighted by atomic mass is 32.2. The summed E-state index contributed by atoms with van der Waals surface area (Å²) in [5, 5.41) is 9.30. The van der Waals surface area contributed by atoms with Crippen molar-refractivity contribution in [1.82, 2.24) is 0 Å². The van der Waals surface area contributed by atoms with Crippen LogP contribution in [0.15, 0.2) is 0 Å². The van der Waals surface area contributed by atoms with Crippen LogP contribution in [-0.2, 0) is 9.53 Å². The van der Waals surface area contributed by atoms with Gasteiger partial charge in [0.05, 0.1) is 12.2 Å². The topological polar surface area (TPSA) is 46.5 Å². The monoisotopic (exact) mass is 324 g/mol. The molecule has 0 radical (unpaired) electrons. The number of rotatable bonds is 11. The zero-order valence-electron chi connectivity index (χ0n) is 13.3. The van der Waals surface area contributed by atoms with Gasteiger partial charge in [-0.15, -0.1) is 12.3 Å². The molecule has 3 nitrogen and oxygen atoms in total. The van der Waals surface area contributed by atoms with Gasteiger partial charge in [-0.2, -0.15) is 11.8 Å². The van der Waals surface area contributed by atoms with E-state index < -0.39 is 5.97 Å². The average Bonchev–Trinajstić information content (AvgIpc) is 3.08. The van der Waals surface area contributed by atoms with Crippen LogP contribution in [0, 0.1) is 18.3 Å². The summed E-state index contributed by atoms with van der Waals surface area (Å²) in [6, 6.07) is 0. The van der Waals surface area contributed by atoms with Gasteiger partial charge in [-0.3, -0.25) is 4.79 Å². The first-order chi connectivity index (χ1) is 10.7. The number of hydrogen-bond donors (Lipinski definition) is 1. The molecule has 2 rings (SSSR count). The lowest BCUT2D eigenvalue weighted by Crippen LogP contribution is -2.30. The Labute approximate surface area is 138 Å². The Morgan fingerprint density at radius 3 is 2.73 bits per heavy atom. The number of unbranched alkanes of at least 4 members (excludes halogenated alkanes) is 4. The van der Waals surface area contributed by atoms with Crippen molar-refractivity contribution >= 4 is 17.7 Å². The summed E-state index contributed by atoms with van der Waals surface area (Å²) in [6.07, 6.45) is 16.5. The number of thioether (sulfide) groups is 1. The fourth-order valence-corrected chi connectivity index (χ4v) is 5.27. The molecule has 0 spiro atoms. The fraction of sp³-hybridized carbons (Fsp3) is 0.833. The maximum absolute atomic E-state index is 10.5. The average molecular weight is 324 g/mol. The van der Waals surface area contributed by atoms with Crippen LogP contribution in [-0.4, -0.2) is 34.3 Å². The SMILES string of the molecule is C#CCCCS[C@H]1[C@@H](CCCCCCC(=O)O)[C@H]2CC[C@@H]1O2. The van der Waals surface area contributed by atoms with Gasteiger partial charge >= 0.3 is 5.97 Å². The summed E-state index contributed by atoms with van der Waals surface area (Å²) in [6.45, 7) is 0. The molecule has 0 unspecified atom stereocenters. The molecule has 1 N–H and O–H groups in total. The maximum atomic E-state index is 10.5. The van der Waals surface area contributed by atoms with Crippen molar-refractivity contribution in [3.63, 3.8) is 0 Å². The van der Waals surface area contributed by atoms with E-state index in [0.717, 1.165) is 37.9 Å². The number of carboxylic acids is 1. The van der Waals surface area contributed by atoms with Crippen LogP contribution in [0.4, 0.5) is 0 Å². The minimum atomic E-state index is -0.676. The Morgan fingerprint density at radius 1 is 1.18 bits per heavy atom. The summed E-state index contributed by atoms with van der Waals surface area (Å²) >= 11 is 2.07. The molecule has 0 amide bonds. The first-order valence-corrected chi connectivity index (χ1v) is 9.69. The van der Waals surface area contributed by atoms with E-state index in [1.165, 1.54) is 25.7 Å². The van der Waals surface area contributed by atoms with Gasteiger partial charge in [0.2, 0.25) is 0 Å². The molecule has 2 aliphatic heterocycles. The maximum Gasteiger partial charge on any atom is 0.303 e. The Kier molecular flexibility index (Phi) is 7.62. The van der Waals surface area contributed by atoms with Crippen LogP contribution in [0.3, 0.4) is 0 Å². The third-order valence-electron chi connectivity index (χ3n) is 4.81. The van der Waals surface area contributed by atoms with E-state index in [1.807, 2.05) is 0 Å². The normalized spacial score (nSPS) is 29.6. The molecule has 22 heavy (non-hydrogen) atoms. The van der Waals surface area contributed by atoms with E-state index in [9.17, 15) is 4.79 Å². The fourth-order valence-electron chi connectivity index (χ4n) is 3.72. The predicted octanol–water partition coefficient (Wildman–Crippen LogP) is 4.10. The van der Waals surface area contributed by atoms with Gasteiger partial charge in [-0.05, 0) is 43.8 Å². The smallest absolute Gasteiger partial charge is 0.303 e. The van der Waals surface area contributed by atoms with E-state index in [1.54, 1.807) is 0 Å². The highest BCUT2D eigenvalue weighted by molar-refractivity contribution is 7.99. The molecule has 4 heteroatoms. The largest absolute Gasteiger partial charge is 0.481 e. The summed E-state index contributed by atoms with van der Waals surface area (Å²) in [4.78, 5) is 10.5. The van der Waals surface area contributed by atoms with Crippen molar-refractivity contribution < 1.29 is 14.6 Å². The number of terminal acetylenes is 1. The molecule has 2 bridgehead atoms. The first-order valence-electron chi connectivity index (χ1n) is 8.64. The van der Waals surface area contributed by atoms with Crippen molar-refractivity contribution in [2.75, 3.05) is 5.75 Å². The van der Waals surface area contributed by atoms with Crippen LogP contribution in [0.2, 0.25) is 0 Å². The highest BCUT2D eigenvalue weighted by Crippen LogP contribution is 2.47. The van der Waals surface area contributed by atoms with Gasteiger partial charge < -0.3 is 9.84 Å². The zero-order chi connectivity index (χ0) is 15.8. The number of fused-ring (bicyclic) bond motifs is 2. The molecule has 0 aromatic heterocycles. The van der Waals surface area contributed by atoms with Crippen LogP contribution < -0.4 is 0 Å². The van der Waals surface area contributed by atoms with E-state index in [2.05, 4.69) is 17.7 Å². The molecule has 4 atom stereocenters. The van der Waals surface area contributed by atoms with Crippen molar-refractivity contribution in [3.8, 4) is 12.3 Å². The third-order valence-corrected chi connectivity index (χ3v) is 6.37. The Bertz CT molecular complexity index is 390. The van der Waals surface area contributed by atoms with Gasteiger partial charge in [-0.25, -0.2) is 0 Å². The second-order valence-electron chi connectivity index (χ2n) is 6.44. The van der Waals surface area contributed by atoms with Crippen LogP contribution in [0.1, 0.15) is 64.2 Å². The standard InChI is InChI=1S/C18H28O3S/c1-2-3-8-13-22-18-14(15-11-12-16(18)21-15)9-6-4-5-7-10-17(19)20/h1,14-16,18H,3-13H2,(H,19,20)/t14-,15+,16-,18-/m0/s1. The van der Waals surface area contributed by atoms with Crippen LogP contribution in [0.5, 0.6) is 0 Å². The quantitative estimate of drug-likeness (QED) is 0.459. The molecule has 2 aliphatic rings. The lowest BCUT2D eigenvalue weighted by atomic mass is 9.85. The minimum absolute atomic E-state index is 0.310. The van der Waals surface area contributed by atoms with Gasteiger partial charge in [-0.1, -0.05) is 19.3 Å². The van der Waals surface area contributed by atoms with E-state index in [-0.39, 0.29) is 0 Å². The second kappa shape index (κ2) is 9.47. The van der Waals surface area contributed by atoms with Gasteiger partial charge in [0.1, 0.15) is 0 Å². The van der Waals surface area contributed by atoms with E-state index >= 15 is 0 Å². The highest BCUT2D eigenvalue weighted by Gasteiger charge is 2.48. The number of aliphatic carboxylic acids is 1. The molecule has 2 heterocycles. The van der Waals surface area contributed by atoms with Crippen molar-refractivity contribution in [3.05, 3.63) is 0 Å². The molecule has 124 valence electrons.